The Morgan fingerprint density at radius 2 is 1.89 bits per heavy atom. The van der Waals surface area contributed by atoms with Gasteiger partial charge in [0.2, 0.25) is 0 Å². The number of carbonyl (C=O) groups excluding carboxylic acids is 1. The number of nitrogens with zero attached hydrogens (tertiary/aromatic N) is 2. The second-order valence-electron chi connectivity index (χ2n) is 12.0. The Bertz CT molecular complexity index is 1460. The summed E-state index contributed by atoms with van der Waals surface area (Å²) in [6.45, 7) is 14.5. The predicted octanol–water partition coefficient (Wildman–Crippen LogP) is 4.93. The lowest BCUT2D eigenvalue weighted by atomic mass is 9.70. The number of nitrogen functional groups attached to an aromatic ring is 1. The quantitative estimate of drug-likeness (QED) is 0.385. The largest absolute Gasteiger partial charge is 0.399 e. The van der Waals surface area contributed by atoms with Crippen molar-refractivity contribution in [2.75, 3.05) is 50.0 Å². The molecule has 2 fully saturated rings. The number of anilines is 2. The monoisotopic (exact) mass is 510 g/mol. The third-order valence-electron chi connectivity index (χ3n) is 8.59. The van der Waals surface area contributed by atoms with Crippen LogP contribution in [0, 0.1) is 17.8 Å². The van der Waals surface area contributed by atoms with Gasteiger partial charge in [0.1, 0.15) is 0 Å². The molecule has 2 saturated heterocycles. The van der Waals surface area contributed by atoms with Crippen LogP contribution in [0.1, 0.15) is 73.3 Å². The Morgan fingerprint density at radius 3 is 2.58 bits per heavy atom. The fourth-order valence-electron chi connectivity index (χ4n) is 6.12. The third kappa shape index (κ3) is 4.19. The van der Waals surface area contributed by atoms with Gasteiger partial charge >= 0.3 is 0 Å². The zero-order chi connectivity index (χ0) is 26.6. The number of ether oxygens (including phenoxy) is 1. The summed E-state index contributed by atoms with van der Waals surface area (Å²) in [5, 5.41) is 0.933. The molecule has 0 atom stereocenters. The van der Waals surface area contributed by atoms with Crippen molar-refractivity contribution in [2.24, 2.45) is 5.92 Å². The number of nitrogens with one attached hydrogen (secondary N) is 1. The first-order chi connectivity index (χ1) is 18.2. The van der Waals surface area contributed by atoms with Gasteiger partial charge in [0.25, 0.3) is 0 Å². The second-order valence-corrected chi connectivity index (χ2v) is 12.0. The topological polar surface area (TPSA) is 74.6 Å². The molecule has 3 aromatic rings. The Kier molecular flexibility index (Phi) is 6.25. The average Bonchev–Trinajstić information content (AvgIpc) is 3.24. The molecule has 0 radical (unpaired) electrons. The lowest BCUT2D eigenvalue weighted by molar-refractivity contribution is -0.0660. The van der Waals surface area contributed by atoms with E-state index in [0.29, 0.717) is 17.6 Å². The molecule has 3 heterocycles. The molecule has 0 saturated carbocycles. The first-order valence-corrected chi connectivity index (χ1v) is 13.9. The molecular weight excluding hydrogens is 472 g/mol. The predicted molar refractivity (Wildman–Crippen MR) is 154 cm³/mol. The third-order valence-corrected chi connectivity index (χ3v) is 8.59. The number of benzene rings is 2. The maximum Gasteiger partial charge on any atom is 0.195 e. The van der Waals surface area contributed by atoms with Crippen LogP contribution in [-0.2, 0) is 10.2 Å². The number of aromatic nitrogens is 1. The van der Waals surface area contributed by atoms with E-state index in [4.69, 9.17) is 10.5 Å². The second kappa shape index (κ2) is 9.48. The van der Waals surface area contributed by atoms with Gasteiger partial charge in [0, 0.05) is 71.4 Å². The Hall–Kier alpha value is -3.27. The number of hydrogen-bond acceptors (Lipinski definition) is 5. The summed E-state index contributed by atoms with van der Waals surface area (Å²) in [6, 6.07) is 10.6. The molecule has 6 rings (SSSR count). The van der Waals surface area contributed by atoms with Gasteiger partial charge in [-0.25, -0.2) is 0 Å². The van der Waals surface area contributed by atoms with Crippen LogP contribution in [0.3, 0.4) is 0 Å². The van der Waals surface area contributed by atoms with Gasteiger partial charge in [0.05, 0.1) is 30.5 Å². The molecule has 0 spiro atoms. The summed E-state index contributed by atoms with van der Waals surface area (Å²) in [5.41, 5.74) is 13.0. The van der Waals surface area contributed by atoms with Crippen LogP contribution in [-0.4, -0.2) is 61.1 Å². The summed E-state index contributed by atoms with van der Waals surface area (Å²) in [6.07, 6.45) is 1.93. The minimum Gasteiger partial charge on any atom is -0.399 e. The lowest BCUT2D eigenvalue weighted by Gasteiger charge is -2.43. The van der Waals surface area contributed by atoms with Crippen molar-refractivity contribution in [1.82, 2.24) is 9.88 Å². The van der Waals surface area contributed by atoms with E-state index in [9.17, 15) is 4.79 Å². The molecule has 0 unspecified atom stereocenters. The molecule has 0 amide bonds. The molecule has 3 aliphatic rings. The summed E-state index contributed by atoms with van der Waals surface area (Å²) in [7, 11) is 0. The molecule has 3 N–H and O–H groups in total. The zero-order valence-electron chi connectivity index (χ0n) is 23.0. The summed E-state index contributed by atoms with van der Waals surface area (Å²) in [5.74, 6) is 7.58. The van der Waals surface area contributed by atoms with Gasteiger partial charge in [-0.3, -0.25) is 9.69 Å². The smallest absolute Gasteiger partial charge is 0.195 e. The molecule has 6 heteroatoms. The van der Waals surface area contributed by atoms with Crippen molar-refractivity contribution in [3.8, 4) is 11.8 Å². The number of nitrogens with two attached hydrogens (primary N) is 1. The fraction of sp³-hybridized carbons (Fsp3) is 0.469. The minimum absolute atomic E-state index is 0.0666. The Balaban J connectivity index is 1.43. The Labute approximate surface area is 225 Å². The van der Waals surface area contributed by atoms with Crippen molar-refractivity contribution in [3.63, 3.8) is 0 Å². The van der Waals surface area contributed by atoms with E-state index in [1.165, 1.54) is 0 Å². The van der Waals surface area contributed by atoms with E-state index < -0.39 is 0 Å². The van der Waals surface area contributed by atoms with Crippen LogP contribution >= 0.6 is 0 Å². The van der Waals surface area contributed by atoms with Crippen LogP contribution < -0.4 is 10.6 Å². The minimum atomic E-state index is -0.365. The van der Waals surface area contributed by atoms with Crippen LogP contribution in [0.2, 0.25) is 0 Å². The van der Waals surface area contributed by atoms with Crippen molar-refractivity contribution < 1.29 is 9.53 Å². The number of H-pyrrole nitrogens is 1. The van der Waals surface area contributed by atoms with Gasteiger partial charge in [0.15, 0.2) is 5.78 Å². The number of rotatable bonds is 4. The van der Waals surface area contributed by atoms with Gasteiger partial charge < -0.3 is 20.4 Å². The summed E-state index contributed by atoms with van der Waals surface area (Å²) < 4.78 is 5.43. The highest BCUT2D eigenvalue weighted by atomic mass is 16.5. The van der Waals surface area contributed by atoms with Crippen LogP contribution in [0.5, 0.6) is 0 Å². The zero-order valence-corrected chi connectivity index (χ0v) is 23.0. The standard InChI is InChI=1S/C32H38N4O2/c1-20(2)7-5-6-8-21-15-25-26(17-28(21)36-13-11-35(12-14-36)23-18-38-19-23)32(3,4)31-29(30(25)37)24-10-9-22(33)16-27(24)34-31/h9-10,15-17,20,23,34H,5,7,11-14,18-19,33H2,1-4H3. The number of fused-ring (bicyclic) bond motifs is 4. The van der Waals surface area contributed by atoms with Gasteiger partial charge in [-0.05, 0) is 42.2 Å². The molecule has 2 aliphatic heterocycles. The number of carbonyl (C=O) groups is 1. The maximum atomic E-state index is 14.0. The normalized spacial score (nSPS) is 19.2. The van der Waals surface area contributed by atoms with Crippen molar-refractivity contribution in [3.05, 3.63) is 58.3 Å². The van der Waals surface area contributed by atoms with Gasteiger partial charge in [-0.15, -0.1) is 0 Å². The summed E-state index contributed by atoms with van der Waals surface area (Å²) >= 11 is 0. The molecule has 1 aromatic heterocycles. The number of hydrogen-bond donors (Lipinski definition) is 2. The van der Waals surface area contributed by atoms with E-state index >= 15 is 0 Å². The number of aromatic amines is 1. The lowest BCUT2D eigenvalue weighted by Crippen LogP contribution is -2.56. The molecule has 1 aliphatic carbocycles. The van der Waals surface area contributed by atoms with Crippen LogP contribution in [0.4, 0.5) is 11.4 Å². The molecule has 38 heavy (non-hydrogen) atoms. The molecule has 0 bridgehead atoms. The molecule has 2 aromatic carbocycles. The highest BCUT2D eigenvalue weighted by Gasteiger charge is 2.41. The first-order valence-electron chi connectivity index (χ1n) is 13.9. The Morgan fingerprint density at radius 1 is 1.13 bits per heavy atom. The van der Waals surface area contributed by atoms with Gasteiger partial charge in [-0.1, -0.05) is 45.6 Å². The van der Waals surface area contributed by atoms with E-state index in [1.54, 1.807) is 0 Å². The van der Waals surface area contributed by atoms with Crippen molar-refractivity contribution in [1.29, 1.82) is 0 Å². The van der Waals surface area contributed by atoms with E-state index in [1.807, 2.05) is 18.2 Å². The maximum absolute atomic E-state index is 14.0. The highest BCUT2D eigenvalue weighted by Crippen LogP contribution is 2.45. The van der Waals surface area contributed by atoms with Crippen LogP contribution in [0.25, 0.3) is 10.9 Å². The number of ketones is 1. The molecular formula is C32H38N4O2. The fourth-order valence-corrected chi connectivity index (χ4v) is 6.12. The van der Waals surface area contributed by atoms with Crippen LogP contribution in [0.15, 0.2) is 30.3 Å². The van der Waals surface area contributed by atoms with Crippen molar-refractivity contribution >= 4 is 28.1 Å². The average molecular weight is 511 g/mol. The van der Waals surface area contributed by atoms with E-state index in [0.717, 1.165) is 96.8 Å². The molecule has 6 nitrogen and oxygen atoms in total. The number of piperazine rings is 1. The van der Waals surface area contributed by atoms with Gasteiger partial charge in [-0.2, -0.15) is 0 Å². The SMILES string of the molecule is CC(C)CCC#Cc1cc2c(cc1N1CCN(C3COC3)CC1)C(C)(C)c1[nH]c3cc(N)ccc3c1C2=O. The van der Waals surface area contributed by atoms with Crippen molar-refractivity contribution in [2.45, 2.75) is 52.0 Å². The highest BCUT2D eigenvalue weighted by molar-refractivity contribution is 6.20. The first kappa shape index (κ1) is 25.0. The summed E-state index contributed by atoms with van der Waals surface area (Å²) in [4.78, 5) is 22.6. The van der Waals surface area contributed by atoms with E-state index in [-0.39, 0.29) is 11.2 Å². The molecule has 198 valence electrons. The van der Waals surface area contributed by atoms with E-state index in [2.05, 4.69) is 66.5 Å².